The molecule has 1 aromatic heterocycles. The largest absolute Gasteiger partial charge is 0.457 e. The Morgan fingerprint density at radius 3 is 2.40 bits per heavy atom. The molecule has 0 aliphatic carbocycles. The van der Waals surface area contributed by atoms with Crippen LogP contribution in [0.3, 0.4) is 0 Å². The van der Waals surface area contributed by atoms with Crippen LogP contribution < -0.4 is 0 Å². The smallest absolute Gasteiger partial charge is 0.270 e. The van der Waals surface area contributed by atoms with E-state index in [9.17, 15) is 14.9 Å². The van der Waals surface area contributed by atoms with Crippen molar-refractivity contribution in [3.63, 3.8) is 0 Å². The molecule has 1 aliphatic rings. The predicted molar refractivity (Wildman–Crippen MR) is 93.0 cm³/mol. The van der Waals surface area contributed by atoms with Crippen molar-refractivity contribution >= 4 is 17.5 Å². The van der Waals surface area contributed by atoms with Crippen LogP contribution in [0.15, 0.2) is 46.4 Å². The Morgan fingerprint density at radius 1 is 1.08 bits per heavy atom. The van der Waals surface area contributed by atoms with Crippen molar-refractivity contribution in [3.05, 3.63) is 57.8 Å². The van der Waals surface area contributed by atoms with Crippen molar-refractivity contribution in [1.29, 1.82) is 0 Å². The third kappa shape index (κ3) is 3.13. The van der Waals surface area contributed by atoms with E-state index in [1.807, 2.05) is 13.8 Å². The van der Waals surface area contributed by atoms with Gasteiger partial charge in [-0.15, -0.1) is 0 Å². The van der Waals surface area contributed by atoms with Crippen LogP contribution in [0.25, 0.3) is 17.4 Å². The van der Waals surface area contributed by atoms with Crippen molar-refractivity contribution in [2.75, 3.05) is 0 Å². The highest BCUT2D eigenvalue weighted by Gasteiger charge is 2.49. The molecule has 6 nitrogen and oxygen atoms in total. The van der Waals surface area contributed by atoms with Gasteiger partial charge in [-0.3, -0.25) is 14.9 Å². The fraction of sp³-hybridized carbons (Fsp3) is 0.316. The summed E-state index contributed by atoms with van der Waals surface area (Å²) >= 11 is 0. The van der Waals surface area contributed by atoms with Gasteiger partial charge < -0.3 is 9.15 Å². The average Bonchev–Trinajstić information content (AvgIpc) is 3.04. The Labute approximate surface area is 145 Å². The first-order chi connectivity index (χ1) is 11.6. The maximum atomic E-state index is 12.5. The minimum atomic E-state index is -0.870. The van der Waals surface area contributed by atoms with E-state index in [1.54, 1.807) is 44.2 Å². The molecule has 25 heavy (non-hydrogen) atoms. The van der Waals surface area contributed by atoms with Crippen LogP contribution in [0.5, 0.6) is 0 Å². The van der Waals surface area contributed by atoms with E-state index in [0.717, 1.165) is 0 Å². The summed E-state index contributed by atoms with van der Waals surface area (Å²) in [6, 6.07) is 9.68. The molecule has 2 heterocycles. The fourth-order valence-electron chi connectivity index (χ4n) is 3.08. The summed E-state index contributed by atoms with van der Waals surface area (Å²) in [7, 11) is 0. The third-order valence-electron chi connectivity index (χ3n) is 4.21. The highest BCUT2D eigenvalue weighted by atomic mass is 16.6. The minimum Gasteiger partial charge on any atom is -0.457 e. The first kappa shape index (κ1) is 17.1. The van der Waals surface area contributed by atoms with E-state index < -0.39 is 16.1 Å². The normalized spacial score (nSPS) is 20.2. The van der Waals surface area contributed by atoms with E-state index in [2.05, 4.69) is 0 Å². The first-order valence-electron chi connectivity index (χ1n) is 7.92. The molecule has 0 saturated carbocycles. The molecule has 1 fully saturated rings. The number of carbonyl (C=O) groups excluding carboxylic acids is 1. The molecule has 2 aromatic rings. The zero-order chi connectivity index (χ0) is 18.4. The Kier molecular flexibility index (Phi) is 3.88. The molecule has 1 aromatic carbocycles. The van der Waals surface area contributed by atoms with Crippen LogP contribution in [-0.2, 0) is 9.53 Å². The van der Waals surface area contributed by atoms with Gasteiger partial charge in [-0.05, 0) is 45.9 Å². The lowest BCUT2D eigenvalue weighted by atomic mass is 9.92. The molecule has 0 unspecified atom stereocenters. The van der Waals surface area contributed by atoms with Gasteiger partial charge in [0.15, 0.2) is 5.78 Å². The molecule has 6 heteroatoms. The molecular formula is C19H19NO5. The number of carbonyl (C=O) groups is 1. The fourth-order valence-corrected chi connectivity index (χ4v) is 3.08. The summed E-state index contributed by atoms with van der Waals surface area (Å²) in [5.41, 5.74) is -0.440. The molecule has 3 rings (SSSR count). The summed E-state index contributed by atoms with van der Waals surface area (Å²) in [4.78, 5) is 23.0. The van der Waals surface area contributed by atoms with Gasteiger partial charge in [-0.1, -0.05) is 12.1 Å². The predicted octanol–water partition coefficient (Wildman–Crippen LogP) is 4.39. The van der Waals surface area contributed by atoms with Crippen molar-refractivity contribution in [3.8, 4) is 11.3 Å². The Hall–Kier alpha value is -2.73. The number of nitro groups is 1. The highest BCUT2D eigenvalue weighted by Crippen LogP contribution is 2.40. The number of furan rings is 1. The standard InChI is InChI=1S/C19H19NO5/c1-18(2)15(17(21)19(3,4)25-18)11-14-8-9-16(24-14)12-6-5-7-13(10-12)20(22)23/h5-11H,1-4H3/b15-11+. The van der Waals surface area contributed by atoms with Gasteiger partial charge in [-0.25, -0.2) is 0 Å². The van der Waals surface area contributed by atoms with Gasteiger partial charge in [0.25, 0.3) is 5.69 Å². The van der Waals surface area contributed by atoms with Crippen molar-refractivity contribution < 1.29 is 18.9 Å². The minimum absolute atomic E-state index is 0.00365. The first-order valence-corrected chi connectivity index (χ1v) is 7.92. The molecule has 0 spiro atoms. The van der Waals surface area contributed by atoms with E-state index in [-0.39, 0.29) is 11.5 Å². The zero-order valence-electron chi connectivity index (χ0n) is 14.5. The van der Waals surface area contributed by atoms with Crippen LogP contribution in [0, 0.1) is 10.1 Å². The van der Waals surface area contributed by atoms with Gasteiger partial charge in [0.2, 0.25) is 0 Å². The number of Topliss-reactive ketones (excluding diaryl/α,β-unsaturated/α-hetero) is 1. The molecule has 0 bridgehead atoms. The summed E-state index contributed by atoms with van der Waals surface area (Å²) in [6.45, 7) is 7.18. The van der Waals surface area contributed by atoms with Crippen molar-refractivity contribution in [2.45, 2.75) is 38.9 Å². The second-order valence-corrected chi connectivity index (χ2v) is 7.02. The van der Waals surface area contributed by atoms with Gasteiger partial charge in [-0.2, -0.15) is 0 Å². The number of rotatable bonds is 3. The second kappa shape index (κ2) is 5.67. The molecule has 1 saturated heterocycles. The van der Waals surface area contributed by atoms with Crippen molar-refractivity contribution in [2.24, 2.45) is 0 Å². The molecule has 0 radical (unpaired) electrons. The van der Waals surface area contributed by atoms with Crippen LogP contribution in [0.1, 0.15) is 33.5 Å². The van der Waals surface area contributed by atoms with Crippen LogP contribution in [-0.4, -0.2) is 21.9 Å². The Balaban J connectivity index is 1.96. The number of hydrogen-bond donors (Lipinski definition) is 0. The average molecular weight is 341 g/mol. The molecule has 0 N–H and O–H groups in total. The lowest BCUT2D eigenvalue weighted by molar-refractivity contribution is -0.384. The van der Waals surface area contributed by atoms with Gasteiger partial charge in [0, 0.05) is 23.3 Å². The summed E-state index contributed by atoms with van der Waals surface area (Å²) in [6.07, 6.45) is 1.68. The zero-order valence-corrected chi connectivity index (χ0v) is 14.5. The number of benzene rings is 1. The van der Waals surface area contributed by atoms with Gasteiger partial charge in [0.05, 0.1) is 10.5 Å². The van der Waals surface area contributed by atoms with Gasteiger partial charge >= 0.3 is 0 Å². The Morgan fingerprint density at radius 2 is 1.80 bits per heavy atom. The number of non-ortho nitro benzene ring substituents is 1. The number of ketones is 1. The molecular weight excluding hydrogens is 322 g/mol. The summed E-state index contributed by atoms with van der Waals surface area (Å²) in [5, 5.41) is 10.9. The Bertz CT molecular complexity index is 889. The third-order valence-corrected chi connectivity index (χ3v) is 4.21. The van der Waals surface area contributed by atoms with E-state index in [0.29, 0.717) is 22.7 Å². The summed E-state index contributed by atoms with van der Waals surface area (Å²) in [5.74, 6) is 0.920. The number of nitrogens with zero attached hydrogens (tertiary/aromatic N) is 1. The molecule has 130 valence electrons. The van der Waals surface area contributed by atoms with Crippen molar-refractivity contribution in [1.82, 2.24) is 0 Å². The second-order valence-electron chi connectivity index (χ2n) is 7.02. The van der Waals surface area contributed by atoms with Gasteiger partial charge in [0.1, 0.15) is 17.1 Å². The molecule has 0 amide bonds. The maximum absolute atomic E-state index is 12.5. The topological polar surface area (TPSA) is 82.6 Å². The molecule has 1 aliphatic heterocycles. The number of nitro benzene ring substituents is 1. The monoisotopic (exact) mass is 341 g/mol. The number of ether oxygens (including phenoxy) is 1. The molecule has 0 atom stereocenters. The maximum Gasteiger partial charge on any atom is 0.270 e. The lowest BCUT2D eigenvalue weighted by Crippen LogP contribution is -2.29. The quantitative estimate of drug-likeness (QED) is 0.469. The van der Waals surface area contributed by atoms with E-state index in [1.165, 1.54) is 12.1 Å². The van der Waals surface area contributed by atoms with Crippen LogP contribution >= 0.6 is 0 Å². The SMILES string of the molecule is CC1(C)OC(C)(C)/C(=C/c2ccc(-c3cccc([N+](=O)[O-])c3)o2)C1=O. The summed E-state index contributed by atoms with van der Waals surface area (Å²) < 4.78 is 11.6. The van der Waals surface area contributed by atoms with E-state index >= 15 is 0 Å². The number of hydrogen-bond acceptors (Lipinski definition) is 5. The lowest BCUT2D eigenvalue weighted by Gasteiger charge is -2.22. The van der Waals surface area contributed by atoms with Crippen LogP contribution in [0.2, 0.25) is 0 Å². The highest BCUT2D eigenvalue weighted by molar-refractivity contribution is 6.08. The van der Waals surface area contributed by atoms with E-state index in [4.69, 9.17) is 9.15 Å². The van der Waals surface area contributed by atoms with Crippen LogP contribution in [0.4, 0.5) is 5.69 Å².